The van der Waals surface area contributed by atoms with E-state index in [1.54, 1.807) is 0 Å². The maximum absolute atomic E-state index is 12.0. The number of rotatable bonds is 9. The topological polar surface area (TPSA) is 55.1 Å². The highest BCUT2D eigenvalue weighted by Crippen LogP contribution is 2.14. The molecule has 3 nitrogen and oxygen atoms in total. The van der Waals surface area contributed by atoms with Gasteiger partial charge in [-0.15, -0.1) is 0 Å². The summed E-state index contributed by atoms with van der Waals surface area (Å²) in [5, 5.41) is 3.15. The maximum atomic E-state index is 12.0. The van der Waals surface area contributed by atoms with Crippen LogP contribution in [0.15, 0.2) is 0 Å². The Morgan fingerprint density at radius 1 is 1.11 bits per heavy atom. The van der Waals surface area contributed by atoms with E-state index in [0.29, 0.717) is 5.92 Å². The van der Waals surface area contributed by atoms with E-state index in [1.807, 2.05) is 13.8 Å². The minimum absolute atomic E-state index is 0.0977. The van der Waals surface area contributed by atoms with E-state index < -0.39 is 0 Å². The van der Waals surface area contributed by atoms with Gasteiger partial charge in [-0.25, -0.2) is 0 Å². The molecular formula is C15H32N2O. The summed E-state index contributed by atoms with van der Waals surface area (Å²) >= 11 is 0. The number of nitrogens with one attached hydrogen (secondary N) is 1. The molecule has 0 spiro atoms. The van der Waals surface area contributed by atoms with Crippen molar-refractivity contribution in [3.8, 4) is 0 Å². The fraction of sp³-hybridized carbons (Fsp3) is 0.933. The van der Waals surface area contributed by atoms with Gasteiger partial charge in [0.15, 0.2) is 0 Å². The molecule has 108 valence electrons. The Morgan fingerprint density at radius 2 is 1.67 bits per heavy atom. The van der Waals surface area contributed by atoms with Crippen molar-refractivity contribution in [2.24, 2.45) is 17.6 Å². The zero-order valence-corrected chi connectivity index (χ0v) is 12.8. The summed E-state index contributed by atoms with van der Waals surface area (Å²) < 4.78 is 0. The van der Waals surface area contributed by atoms with Gasteiger partial charge in [-0.2, -0.15) is 0 Å². The van der Waals surface area contributed by atoms with Crippen molar-refractivity contribution in [2.45, 2.75) is 78.8 Å². The second kappa shape index (κ2) is 9.37. The quantitative estimate of drug-likeness (QED) is 0.666. The third kappa shape index (κ3) is 7.00. The molecule has 18 heavy (non-hydrogen) atoms. The van der Waals surface area contributed by atoms with Gasteiger partial charge in [-0.05, 0) is 32.6 Å². The molecule has 3 unspecified atom stereocenters. The van der Waals surface area contributed by atoms with Crippen LogP contribution in [0.5, 0.6) is 0 Å². The molecule has 0 fully saturated rings. The second-order valence-electron chi connectivity index (χ2n) is 5.68. The van der Waals surface area contributed by atoms with Gasteiger partial charge in [0.25, 0.3) is 0 Å². The molecular weight excluding hydrogens is 224 g/mol. The number of amides is 1. The van der Waals surface area contributed by atoms with Crippen LogP contribution in [-0.4, -0.2) is 18.0 Å². The van der Waals surface area contributed by atoms with Gasteiger partial charge in [-0.3, -0.25) is 4.79 Å². The zero-order chi connectivity index (χ0) is 14.1. The zero-order valence-electron chi connectivity index (χ0n) is 12.8. The van der Waals surface area contributed by atoms with Gasteiger partial charge in [0.1, 0.15) is 0 Å². The van der Waals surface area contributed by atoms with Crippen molar-refractivity contribution in [2.75, 3.05) is 0 Å². The summed E-state index contributed by atoms with van der Waals surface area (Å²) in [6.07, 6.45) is 5.21. The van der Waals surface area contributed by atoms with E-state index in [0.717, 1.165) is 32.1 Å². The Bertz CT molecular complexity index is 225. The van der Waals surface area contributed by atoms with Crippen LogP contribution in [0.3, 0.4) is 0 Å². The predicted octanol–water partition coefficient (Wildman–Crippen LogP) is 3.08. The predicted molar refractivity (Wildman–Crippen MR) is 78.3 cm³/mol. The normalized spacial score (nSPS) is 16.4. The lowest BCUT2D eigenvalue weighted by molar-refractivity contribution is -0.125. The highest BCUT2D eigenvalue weighted by Gasteiger charge is 2.19. The largest absolute Gasteiger partial charge is 0.353 e. The fourth-order valence-electron chi connectivity index (χ4n) is 2.36. The lowest BCUT2D eigenvalue weighted by Crippen LogP contribution is -2.40. The second-order valence-corrected chi connectivity index (χ2v) is 5.68. The molecule has 3 heteroatoms. The molecule has 0 aliphatic heterocycles. The smallest absolute Gasteiger partial charge is 0.223 e. The van der Waals surface area contributed by atoms with Crippen LogP contribution in [-0.2, 0) is 4.79 Å². The van der Waals surface area contributed by atoms with Gasteiger partial charge in [-0.1, -0.05) is 40.0 Å². The van der Waals surface area contributed by atoms with Crippen molar-refractivity contribution < 1.29 is 4.79 Å². The third-order valence-corrected chi connectivity index (χ3v) is 3.87. The summed E-state index contributed by atoms with van der Waals surface area (Å²) in [5.41, 5.74) is 5.71. The summed E-state index contributed by atoms with van der Waals surface area (Å²) in [6, 6.07) is 0.520. The van der Waals surface area contributed by atoms with E-state index in [2.05, 4.69) is 26.1 Å². The molecule has 0 radical (unpaired) electrons. The van der Waals surface area contributed by atoms with Crippen molar-refractivity contribution in [3.05, 3.63) is 0 Å². The average molecular weight is 256 g/mol. The van der Waals surface area contributed by atoms with Gasteiger partial charge in [0.2, 0.25) is 5.91 Å². The van der Waals surface area contributed by atoms with Crippen LogP contribution in [0.1, 0.15) is 66.7 Å². The molecule has 0 aromatic carbocycles. The Balaban J connectivity index is 3.99. The van der Waals surface area contributed by atoms with Crippen LogP contribution in [0, 0.1) is 11.8 Å². The molecule has 0 aliphatic rings. The SMILES string of the molecule is CCC(CC)C(C)NC(=O)C(C)CCCC(C)N. The lowest BCUT2D eigenvalue weighted by Gasteiger charge is -2.24. The summed E-state index contributed by atoms with van der Waals surface area (Å²) in [4.78, 5) is 12.0. The first-order valence-electron chi connectivity index (χ1n) is 7.48. The molecule has 0 heterocycles. The van der Waals surface area contributed by atoms with E-state index in [4.69, 9.17) is 5.73 Å². The van der Waals surface area contributed by atoms with Crippen LogP contribution >= 0.6 is 0 Å². The minimum atomic E-state index is 0.0977. The maximum Gasteiger partial charge on any atom is 0.223 e. The van der Waals surface area contributed by atoms with Crippen LogP contribution in [0.25, 0.3) is 0 Å². The molecule has 0 aliphatic carbocycles. The first-order chi connectivity index (χ1) is 8.42. The number of hydrogen-bond donors (Lipinski definition) is 2. The van der Waals surface area contributed by atoms with Crippen LogP contribution in [0.2, 0.25) is 0 Å². The molecule has 0 saturated carbocycles. The first-order valence-corrected chi connectivity index (χ1v) is 7.48. The van der Waals surface area contributed by atoms with Crippen molar-refractivity contribution >= 4 is 5.91 Å². The number of nitrogens with two attached hydrogens (primary N) is 1. The van der Waals surface area contributed by atoms with Gasteiger partial charge < -0.3 is 11.1 Å². The number of hydrogen-bond acceptors (Lipinski definition) is 2. The highest BCUT2D eigenvalue weighted by atomic mass is 16.1. The summed E-state index contributed by atoms with van der Waals surface area (Å²) in [5.74, 6) is 0.879. The summed E-state index contributed by atoms with van der Waals surface area (Å²) in [6.45, 7) is 10.5. The van der Waals surface area contributed by atoms with Crippen LogP contribution < -0.4 is 11.1 Å². The molecule has 0 aromatic rings. The van der Waals surface area contributed by atoms with Crippen LogP contribution in [0.4, 0.5) is 0 Å². The molecule has 0 bridgehead atoms. The minimum Gasteiger partial charge on any atom is -0.353 e. The van der Waals surface area contributed by atoms with E-state index in [9.17, 15) is 4.79 Å². The molecule has 0 rings (SSSR count). The number of carbonyl (C=O) groups excluding carboxylic acids is 1. The number of carbonyl (C=O) groups is 1. The van der Waals surface area contributed by atoms with E-state index in [-0.39, 0.29) is 23.9 Å². The standard InChI is InChI=1S/C15H32N2O/c1-6-14(7-2)13(5)17-15(18)11(3)9-8-10-12(4)16/h11-14H,6-10,16H2,1-5H3,(H,17,18). The summed E-state index contributed by atoms with van der Waals surface area (Å²) in [7, 11) is 0. The Labute approximate surface area is 113 Å². The first kappa shape index (κ1) is 17.4. The molecule has 0 saturated heterocycles. The molecule has 3 atom stereocenters. The van der Waals surface area contributed by atoms with E-state index in [1.165, 1.54) is 0 Å². The highest BCUT2D eigenvalue weighted by molar-refractivity contribution is 5.78. The Kier molecular flexibility index (Phi) is 9.08. The monoisotopic (exact) mass is 256 g/mol. The fourth-order valence-corrected chi connectivity index (χ4v) is 2.36. The third-order valence-electron chi connectivity index (χ3n) is 3.87. The average Bonchev–Trinajstić information content (AvgIpc) is 2.29. The lowest BCUT2D eigenvalue weighted by atomic mass is 9.94. The molecule has 3 N–H and O–H groups in total. The van der Waals surface area contributed by atoms with Crippen molar-refractivity contribution in [1.82, 2.24) is 5.32 Å². The van der Waals surface area contributed by atoms with Gasteiger partial charge in [0.05, 0.1) is 0 Å². The van der Waals surface area contributed by atoms with Crippen molar-refractivity contribution in [3.63, 3.8) is 0 Å². The molecule has 0 aromatic heterocycles. The Hall–Kier alpha value is -0.570. The Morgan fingerprint density at radius 3 is 2.11 bits per heavy atom. The molecule has 1 amide bonds. The van der Waals surface area contributed by atoms with Crippen molar-refractivity contribution in [1.29, 1.82) is 0 Å². The van der Waals surface area contributed by atoms with Gasteiger partial charge in [0, 0.05) is 18.0 Å². The van der Waals surface area contributed by atoms with E-state index >= 15 is 0 Å². The van der Waals surface area contributed by atoms with Gasteiger partial charge >= 0.3 is 0 Å².